The molecule has 0 aliphatic heterocycles. The number of aliphatic carboxylic acids is 1. The van der Waals surface area contributed by atoms with Crippen molar-refractivity contribution in [3.63, 3.8) is 0 Å². The summed E-state index contributed by atoms with van der Waals surface area (Å²) in [6, 6.07) is 0. The Labute approximate surface area is 132 Å². The van der Waals surface area contributed by atoms with Crippen molar-refractivity contribution >= 4 is 23.2 Å². The molecule has 0 aliphatic carbocycles. The first-order chi connectivity index (χ1) is 7.60. The van der Waals surface area contributed by atoms with E-state index in [-0.39, 0.29) is 42.4 Å². The van der Waals surface area contributed by atoms with Gasteiger partial charge in [-0.25, -0.2) is 0 Å². The molecule has 3 nitrogen and oxygen atoms in total. The van der Waals surface area contributed by atoms with E-state index < -0.39 is 5.97 Å². The monoisotopic (exact) mass is 268 g/mol. The molecule has 1 atom stereocenters. The molecule has 0 radical (unpaired) electrons. The first kappa shape index (κ1) is 19.7. The molecule has 0 amide bonds. The summed E-state index contributed by atoms with van der Waals surface area (Å²) in [5.74, 6) is -0.551. The Hall–Kier alpha value is 0.360. The molecular formula is C12H21NaO3S. The Morgan fingerprint density at radius 1 is 1.35 bits per heavy atom. The van der Waals surface area contributed by atoms with Crippen LogP contribution in [-0.4, -0.2) is 17.6 Å². The maximum absolute atomic E-state index is 10.2. The molecular weight excluding hydrogens is 247 g/mol. The Balaban J connectivity index is 0. The summed E-state index contributed by atoms with van der Waals surface area (Å²) < 4.78 is 5.38. The third-order valence-corrected chi connectivity index (χ3v) is 2.88. The Morgan fingerprint density at radius 2 is 2.00 bits per heavy atom. The second-order valence-corrected chi connectivity index (χ2v) is 4.43. The molecule has 0 aromatic rings. The predicted molar refractivity (Wildman–Crippen MR) is 66.1 cm³/mol. The van der Waals surface area contributed by atoms with Crippen LogP contribution in [0.25, 0.3) is 0 Å². The summed E-state index contributed by atoms with van der Waals surface area (Å²) in [6.45, 7) is 4.91. The Morgan fingerprint density at radius 3 is 2.47 bits per heavy atom. The van der Waals surface area contributed by atoms with Crippen LogP contribution in [0.2, 0.25) is 0 Å². The number of carboxylic acids is 1. The maximum Gasteiger partial charge on any atom is 1.00 e. The zero-order chi connectivity index (χ0) is 12.4. The van der Waals surface area contributed by atoms with Crippen molar-refractivity contribution in [3.05, 3.63) is 0 Å². The summed E-state index contributed by atoms with van der Waals surface area (Å²) in [4.78, 5) is 10.2. The first-order valence-electron chi connectivity index (χ1n) is 5.95. The number of carboxylic acid groups (broad SMARTS) is 1. The number of hydrogen-bond donors (Lipinski definition) is 0. The van der Waals surface area contributed by atoms with Gasteiger partial charge in [0.25, 0.3) is 0 Å². The number of rotatable bonds is 9. The van der Waals surface area contributed by atoms with E-state index in [1.807, 2.05) is 0 Å². The van der Waals surface area contributed by atoms with E-state index in [4.69, 9.17) is 17.0 Å². The normalized spacial score (nSPS) is 11.4. The second-order valence-electron chi connectivity index (χ2n) is 3.97. The van der Waals surface area contributed by atoms with Gasteiger partial charge >= 0.3 is 29.6 Å². The number of carbonyl (C=O) groups is 1. The van der Waals surface area contributed by atoms with Gasteiger partial charge in [-0.3, -0.25) is 0 Å². The van der Waals surface area contributed by atoms with Crippen LogP contribution in [0.3, 0.4) is 0 Å². The van der Waals surface area contributed by atoms with Crippen LogP contribution in [0.1, 0.15) is 52.4 Å². The summed E-state index contributed by atoms with van der Waals surface area (Å²) in [5.41, 5.74) is 0. The molecule has 0 N–H and O–H groups in total. The number of ether oxygens (including phenoxy) is 1. The van der Waals surface area contributed by atoms with Crippen molar-refractivity contribution in [2.75, 3.05) is 6.61 Å². The van der Waals surface area contributed by atoms with E-state index in [0.29, 0.717) is 17.6 Å². The summed E-state index contributed by atoms with van der Waals surface area (Å²) in [6.07, 6.45) is 4.84. The molecule has 0 aromatic heterocycles. The molecule has 0 aromatic carbocycles. The third-order valence-electron chi connectivity index (χ3n) is 2.56. The molecule has 0 saturated heterocycles. The minimum absolute atomic E-state index is 0. The van der Waals surface area contributed by atoms with Gasteiger partial charge in [0, 0.05) is 12.4 Å². The molecule has 0 bridgehead atoms. The molecule has 94 valence electrons. The number of hydrogen-bond acceptors (Lipinski definition) is 4. The van der Waals surface area contributed by atoms with E-state index in [0.717, 1.165) is 12.8 Å². The van der Waals surface area contributed by atoms with E-state index in [1.54, 1.807) is 0 Å². The molecule has 5 heteroatoms. The van der Waals surface area contributed by atoms with Gasteiger partial charge in [-0.05, 0) is 31.0 Å². The maximum atomic E-state index is 10.2. The fraction of sp³-hybridized carbons (Fsp3) is 0.833. The van der Waals surface area contributed by atoms with Crippen LogP contribution in [0.5, 0.6) is 0 Å². The van der Waals surface area contributed by atoms with Gasteiger partial charge in [0.05, 0.1) is 6.61 Å². The second kappa shape index (κ2) is 12.8. The first-order valence-corrected chi connectivity index (χ1v) is 6.36. The molecule has 1 unspecified atom stereocenters. The smallest absolute Gasteiger partial charge is 0.550 e. The quantitative estimate of drug-likeness (QED) is 0.401. The van der Waals surface area contributed by atoms with Crippen molar-refractivity contribution in [1.29, 1.82) is 0 Å². The third kappa shape index (κ3) is 12.6. The minimum atomic E-state index is -1.08. The van der Waals surface area contributed by atoms with Gasteiger partial charge in [-0.1, -0.05) is 33.1 Å². The van der Waals surface area contributed by atoms with Gasteiger partial charge in [0.2, 0.25) is 0 Å². The zero-order valence-corrected chi connectivity index (χ0v) is 14.0. The Kier molecular flexibility index (Phi) is 14.8. The van der Waals surface area contributed by atoms with Crippen molar-refractivity contribution in [3.8, 4) is 0 Å². The van der Waals surface area contributed by atoms with Crippen LogP contribution < -0.4 is 34.7 Å². The number of thiocarbonyl (C=S) groups is 1. The molecule has 0 rings (SSSR count). The minimum Gasteiger partial charge on any atom is -0.550 e. The fourth-order valence-electron chi connectivity index (χ4n) is 1.39. The number of unbranched alkanes of at least 4 members (excludes halogenated alkanes) is 1. The van der Waals surface area contributed by atoms with Gasteiger partial charge in [-0.15, -0.1) is 0 Å². The predicted octanol–water partition coefficient (Wildman–Crippen LogP) is -0.919. The number of carbonyl (C=O) groups excluding carboxylic acids is 1. The molecule has 0 saturated carbocycles. The van der Waals surface area contributed by atoms with Crippen LogP contribution >= 0.6 is 12.2 Å². The van der Waals surface area contributed by atoms with Crippen LogP contribution in [0, 0.1) is 5.92 Å². The SMILES string of the molecule is CCCCC(CC)COC(=S)CCC(=O)[O-].[Na+]. The molecule has 17 heavy (non-hydrogen) atoms. The van der Waals surface area contributed by atoms with Crippen LogP contribution in [0.15, 0.2) is 0 Å². The van der Waals surface area contributed by atoms with Crippen molar-refractivity contribution in [1.82, 2.24) is 0 Å². The van der Waals surface area contributed by atoms with Gasteiger partial charge in [0.15, 0.2) is 5.05 Å². The van der Waals surface area contributed by atoms with E-state index in [9.17, 15) is 9.90 Å². The van der Waals surface area contributed by atoms with Crippen molar-refractivity contribution in [2.45, 2.75) is 52.4 Å². The summed E-state index contributed by atoms with van der Waals surface area (Å²) >= 11 is 4.94. The summed E-state index contributed by atoms with van der Waals surface area (Å²) in [5, 5.41) is 10.6. The van der Waals surface area contributed by atoms with Gasteiger partial charge < -0.3 is 14.6 Å². The van der Waals surface area contributed by atoms with Crippen LogP contribution in [0.4, 0.5) is 0 Å². The molecule has 0 aliphatic rings. The summed E-state index contributed by atoms with van der Waals surface area (Å²) in [7, 11) is 0. The van der Waals surface area contributed by atoms with E-state index in [1.165, 1.54) is 12.8 Å². The molecule has 0 fully saturated rings. The van der Waals surface area contributed by atoms with E-state index in [2.05, 4.69) is 13.8 Å². The zero-order valence-electron chi connectivity index (χ0n) is 11.2. The van der Waals surface area contributed by atoms with Gasteiger partial charge in [0.1, 0.15) is 0 Å². The van der Waals surface area contributed by atoms with E-state index >= 15 is 0 Å². The van der Waals surface area contributed by atoms with Gasteiger partial charge in [-0.2, -0.15) is 0 Å². The van der Waals surface area contributed by atoms with Crippen molar-refractivity contribution in [2.24, 2.45) is 5.92 Å². The topological polar surface area (TPSA) is 49.4 Å². The fourth-order valence-corrected chi connectivity index (χ4v) is 1.56. The largest absolute Gasteiger partial charge is 1.00 e. The van der Waals surface area contributed by atoms with Crippen molar-refractivity contribution < 1.29 is 44.2 Å². The average molecular weight is 268 g/mol. The molecule has 0 spiro atoms. The average Bonchev–Trinajstić information content (AvgIpc) is 2.26. The molecule has 0 heterocycles. The Bertz CT molecular complexity index is 222. The van der Waals surface area contributed by atoms with Crippen LogP contribution in [-0.2, 0) is 9.53 Å². The standard InChI is InChI=1S/C12H22O3S.Na/c1-3-5-6-10(4-2)9-15-12(16)8-7-11(13)14;/h10H,3-9H2,1-2H3,(H,13,14);/q;+1/p-1.